The number of nitrogens with one attached hydrogen (secondary N) is 1. The topological polar surface area (TPSA) is 77.9 Å². The van der Waals surface area contributed by atoms with Crippen LogP contribution in [0.15, 0.2) is 29.4 Å². The van der Waals surface area contributed by atoms with Gasteiger partial charge < -0.3 is 14.9 Å². The molecule has 0 amide bonds. The Morgan fingerprint density at radius 3 is 2.93 bits per heavy atom. The molecule has 1 saturated heterocycles. The number of para-hydroxylation sites is 1. The van der Waals surface area contributed by atoms with Crippen molar-refractivity contribution >= 4 is 22.6 Å². The molecule has 2 N–H and O–H groups in total. The number of aromatic nitrogens is 1. The van der Waals surface area contributed by atoms with Crippen molar-refractivity contribution in [1.29, 1.82) is 0 Å². The summed E-state index contributed by atoms with van der Waals surface area (Å²) in [6, 6.07) is 8.67. The minimum atomic E-state index is -0.511. The molecule has 6 heteroatoms. The molecule has 2 unspecified atom stereocenters. The highest BCUT2D eigenvalue weighted by molar-refractivity contribution is 6.36. The van der Waals surface area contributed by atoms with Crippen LogP contribution in [0.3, 0.4) is 0 Å². The highest BCUT2D eigenvalue weighted by Gasteiger charge is 2.48. The average Bonchev–Trinajstić information content (AvgIpc) is 3.10. The van der Waals surface area contributed by atoms with Crippen molar-refractivity contribution in [3.05, 3.63) is 35.5 Å². The van der Waals surface area contributed by atoms with E-state index in [9.17, 15) is 10.0 Å². The lowest BCUT2D eigenvalue weighted by Crippen LogP contribution is -2.50. The van der Waals surface area contributed by atoms with Gasteiger partial charge in [0.15, 0.2) is 5.71 Å². The summed E-state index contributed by atoms with van der Waals surface area (Å²) in [6.07, 6.45) is 4.45. The van der Waals surface area contributed by atoms with Crippen molar-refractivity contribution in [3.63, 3.8) is 0 Å². The van der Waals surface area contributed by atoms with Gasteiger partial charge in [-0.2, -0.15) is 0 Å². The van der Waals surface area contributed by atoms with E-state index in [1.165, 1.54) is 22.2 Å². The van der Waals surface area contributed by atoms with Gasteiger partial charge in [-0.05, 0) is 56.2 Å². The van der Waals surface area contributed by atoms with Gasteiger partial charge in [0.25, 0.3) is 0 Å². The van der Waals surface area contributed by atoms with Crippen molar-refractivity contribution < 1.29 is 14.7 Å². The third kappa shape index (κ3) is 3.00. The maximum atomic E-state index is 12.3. The number of hydrogen-bond acceptors (Lipinski definition) is 5. The van der Waals surface area contributed by atoms with Crippen LogP contribution in [0.4, 0.5) is 0 Å². The first-order valence-corrected chi connectivity index (χ1v) is 10.3. The second-order valence-corrected chi connectivity index (χ2v) is 8.01. The van der Waals surface area contributed by atoms with Crippen LogP contribution in [-0.2, 0) is 16.0 Å². The van der Waals surface area contributed by atoms with Crippen LogP contribution in [0.25, 0.3) is 10.9 Å². The highest BCUT2D eigenvalue weighted by atomic mass is 16.5. The molecule has 0 aliphatic carbocycles. The lowest BCUT2D eigenvalue weighted by Gasteiger charge is -2.52. The summed E-state index contributed by atoms with van der Waals surface area (Å²) in [4.78, 5) is 18.6. The molecule has 0 radical (unpaired) electrons. The number of ether oxygens (including phenoxy) is 1. The highest BCUT2D eigenvalue weighted by Crippen LogP contribution is 2.53. The Labute approximate surface area is 165 Å². The van der Waals surface area contributed by atoms with Crippen molar-refractivity contribution in [2.45, 2.75) is 52.0 Å². The molecule has 3 heterocycles. The van der Waals surface area contributed by atoms with Gasteiger partial charge in [-0.3, -0.25) is 4.90 Å². The van der Waals surface area contributed by atoms with Gasteiger partial charge in [0.05, 0.1) is 12.6 Å². The summed E-state index contributed by atoms with van der Waals surface area (Å²) in [6.45, 7) is 6.31. The minimum absolute atomic E-state index is 0.133. The van der Waals surface area contributed by atoms with Crippen LogP contribution < -0.4 is 0 Å². The number of carbonyl (C=O) groups is 1. The van der Waals surface area contributed by atoms with E-state index in [-0.39, 0.29) is 23.8 Å². The molecular formula is C22H29N3O3. The van der Waals surface area contributed by atoms with E-state index in [2.05, 4.69) is 46.2 Å². The van der Waals surface area contributed by atoms with Crippen molar-refractivity contribution in [2.24, 2.45) is 10.6 Å². The van der Waals surface area contributed by atoms with Crippen LogP contribution in [0, 0.1) is 5.41 Å². The number of hydrogen-bond donors (Lipinski definition) is 2. The first kappa shape index (κ1) is 19.0. The molecule has 0 bridgehead atoms. The van der Waals surface area contributed by atoms with Crippen LogP contribution in [0.2, 0.25) is 0 Å². The minimum Gasteiger partial charge on any atom is -0.461 e. The Balaban J connectivity index is 1.78. The lowest BCUT2D eigenvalue weighted by molar-refractivity contribution is -0.135. The molecule has 2 atom stereocenters. The van der Waals surface area contributed by atoms with E-state index in [0.29, 0.717) is 6.42 Å². The summed E-state index contributed by atoms with van der Waals surface area (Å²) < 4.78 is 5.13. The Hall–Kier alpha value is -2.34. The lowest BCUT2D eigenvalue weighted by atomic mass is 9.65. The van der Waals surface area contributed by atoms with Crippen LogP contribution in [0.1, 0.15) is 56.8 Å². The van der Waals surface area contributed by atoms with E-state index in [1.54, 1.807) is 6.92 Å². The van der Waals surface area contributed by atoms with E-state index in [4.69, 9.17) is 4.74 Å². The number of benzene rings is 1. The zero-order valence-electron chi connectivity index (χ0n) is 16.7. The molecule has 1 aromatic heterocycles. The number of fused-ring (bicyclic) bond motifs is 5. The largest absolute Gasteiger partial charge is 0.461 e. The molecule has 2 aliphatic rings. The number of H-pyrrole nitrogens is 1. The standard InChI is InChI=1S/C22H29N3O3/c1-3-22(14-18(24-27)21(26)28-4-2)11-7-12-25-13-10-16-15-8-5-6-9-17(15)23-19(16)20(22)25/h5-6,8-9,20,23,27H,3-4,7,10-14H2,1-2H3. The zero-order valence-corrected chi connectivity index (χ0v) is 16.7. The summed E-state index contributed by atoms with van der Waals surface area (Å²) in [5.41, 5.74) is 3.81. The van der Waals surface area contributed by atoms with Gasteiger partial charge in [0.2, 0.25) is 0 Å². The molecule has 1 fully saturated rings. The number of carbonyl (C=O) groups excluding carboxylic acids is 1. The molecule has 6 nitrogen and oxygen atoms in total. The molecule has 28 heavy (non-hydrogen) atoms. The van der Waals surface area contributed by atoms with E-state index < -0.39 is 5.97 Å². The van der Waals surface area contributed by atoms with E-state index in [0.717, 1.165) is 38.8 Å². The predicted octanol–water partition coefficient (Wildman–Crippen LogP) is 4.04. The molecular weight excluding hydrogens is 354 g/mol. The van der Waals surface area contributed by atoms with Crippen LogP contribution in [0.5, 0.6) is 0 Å². The first-order chi connectivity index (χ1) is 13.6. The molecule has 2 aromatic rings. The summed E-state index contributed by atoms with van der Waals surface area (Å²) in [5, 5.41) is 14.2. The SMILES string of the molecule is CCOC(=O)C(CC1(CC)CCCN2CCc3c([nH]c4ccccc34)C21)=NO. The maximum Gasteiger partial charge on any atom is 0.356 e. The quantitative estimate of drug-likeness (QED) is 0.353. The predicted molar refractivity (Wildman–Crippen MR) is 109 cm³/mol. The van der Waals surface area contributed by atoms with Gasteiger partial charge in [0.1, 0.15) is 0 Å². The molecule has 150 valence electrons. The number of aromatic amines is 1. The summed E-state index contributed by atoms with van der Waals surface area (Å²) >= 11 is 0. The van der Waals surface area contributed by atoms with Crippen LogP contribution in [-0.4, -0.2) is 46.5 Å². The molecule has 4 rings (SSSR count). The number of nitrogens with zero attached hydrogens (tertiary/aromatic N) is 2. The average molecular weight is 383 g/mol. The molecule has 0 saturated carbocycles. The molecule has 0 spiro atoms. The Morgan fingerprint density at radius 1 is 1.36 bits per heavy atom. The fourth-order valence-electron chi connectivity index (χ4n) is 5.37. The smallest absolute Gasteiger partial charge is 0.356 e. The van der Waals surface area contributed by atoms with Crippen molar-refractivity contribution in [1.82, 2.24) is 9.88 Å². The fraction of sp³-hybridized carbons (Fsp3) is 0.545. The van der Waals surface area contributed by atoms with Crippen molar-refractivity contribution in [3.8, 4) is 0 Å². The number of oxime groups is 1. The second-order valence-electron chi connectivity index (χ2n) is 8.01. The van der Waals surface area contributed by atoms with Gasteiger partial charge in [-0.15, -0.1) is 0 Å². The number of rotatable bonds is 5. The van der Waals surface area contributed by atoms with Gasteiger partial charge in [-0.1, -0.05) is 30.3 Å². The summed E-state index contributed by atoms with van der Waals surface area (Å²) in [5.74, 6) is -0.511. The number of esters is 1. The molecule has 1 aromatic carbocycles. The second kappa shape index (κ2) is 7.59. The normalized spacial score (nSPS) is 25.4. The summed E-state index contributed by atoms with van der Waals surface area (Å²) in [7, 11) is 0. The van der Waals surface area contributed by atoms with Crippen LogP contribution >= 0.6 is 0 Å². The van der Waals surface area contributed by atoms with Gasteiger partial charge in [-0.25, -0.2) is 4.79 Å². The van der Waals surface area contributed by atoms with Gasteiger partial charge in [0, 0.05) is 29.6 Å². The maximum absolute atomic E-state index is 12.3. The van der Waals surface area contributed by atoms with E-state index >= 15 is 0 Å². The first-order valence-electron chi connectivity index (χ1n) is 10.3. The number of piperidine rings is 1. The zero-order chi connectivity index (χ0) is 19.7. The van der Waals surface area contributed by atoms with Gasteiger partial charge >= 0.3 is 5.97 Å². The fourth-order valence-corrected chi connectivity index (χ4v) is 5.37. The molecule has 2 aliphatic heterocycles. The monoisotopic (exact) mass is 383 g/mol. The van der Waals surface area contributed by atoms with Crippen molar-refractivity contribution in [2.75, 3.05) is 19.7 Å². The third-order valence-electron chi connectivity index (χ3n) is 6.69. The van der Waals surface area contributed by atoms with E-state index in [1.807, 2.05) is 0 Å². The Bertz CT molecular complexity index is 904. The Morgan fingerprint density at radius 2 is 2.18 bits per heavy atom. The Kier molecular flexibility index (Phi) is 5.15. The third-order valence-corrected chi connectivity index (χ3v) is 6.69.